The van der Waals surface area contributed by atoms with Gasteiger partial charge in [-0.2, -0.15) is 17.5 Å². The molecule has 0 aliphatic carbocycles. The highest BCUT2D eigenvalue weighted by Crippen LogP contribution is 2.36. The van der Waals surface area contributed by atoms with E-state index in [0.29, 0.717) is 16.7 Å². The van der Waals surface area contributed by atoms with E-state index in [-0.39, 0.29) is 16.5 Å². The molecule has 0 saturated heterocycles. The van der Waals surface area contributed by atoms with E-state index in [2.05, 4.69) is 5.32 Å². The lowest BCUT2D eigenvalue weighted by Crippen LogP contribution is -2.37. The van der Waals surface area contributed by atoms with Crippen LogP contribution in [0.3, 0.4) is 0 Å². The SMILES string of the molecule is Cc1ccc(S(=O)(=O)N(CC(=O)Nc2ccc(Cl)cc2C(F)(F)F)Cc2cccc(Cl)c2)cc1. The Kier molecular flexibility index (Phi) is 7.92. The molecule has 3 aromatic carbocycles. The molecule has 3 rings (SSSR count). The van der Waals surface area contributed by atoms with Crippen LogP contribution in [0.1, 0.15) is 16.7 Å². The summed E-state index contributed by atoms with van der Waals surface area (Å²) >= 11 is 11.7. The second-order valence-electron chi connectivity index (χ2n) is 7.45. The number of nitrogens with one attached hydrogen (secondary N) is 1. The topological polar surface area (TPSA) is 66.5 Å². The fraction of sp³-hybridized carbons (Fsp3) is 0.174. The van der Waals surface area contributed by atoms with Crippen molar-refractivity contribution in [2.24, 2.45) is 0 Å². The van der Waals surface area contributed by atoms with Gasteiger partial charge in [0.1, 0.15) is 0 Å². The number of carbonyl (C=O) groups excluding carboxylic acids is 1. The number of hydrogen-bond donors (Lipinski definition) is 1. The van der Waals surface area contributed by atoms with Crippen LogP contribution in [0.4, 0.5) is 18.9 Å². The van der Waals surface area contributed by atoms with Gasteiger partial charge < -0.3 is 5.32 Å². The van der Waals surface area contributed by atoms with Crippen molar-refractivity contribution in [3.05, 3.63) is 93.5 Å². The maximum atomic E-state index is 13.4. The van der Waals surface area contributed by atoms with Gasteiger partial charge in [-0.05, 0) is 55.0 Å². The van der Waals surface area contributed by atoms with E-state index in [1.165, 1.54) is 24.3 Å². The molecular formula is C23H19Cl2F3N2O3S. The van der Waals surface area contributed by atoms with Crippen LogP contribution in [-0.2, 0) is 27.5 Å². The fourth-order valence-corrected chi connectivity index (χ4v) is 4.90. The quantitative estimate of drug-likeness (QED) is 0.398. The molecule has 0 aromatic heterocycles. The summed E-state index contributed by atoms with van der Waals surface area (Å²) in [5.41, 5.74) is -0.340. The molecule has 5 nitrogen and oxygen atoms in total. The van der Waals surface area contributed by atoms with E-state index >= 15 is 0 Å². The number of halogens is 5. The molecule has 0 fully saturated rings. The van der Waals surface area contributed by atoms with Crippen molar-refractivity contribution < 1.29 is 26.4 Å². The summed E-state index contributed by atoms with van der Waals surface area (Å²) in [6.45, 7) is 0.831. The van der Waals surface area contributed by atoms with E-state index in [4.69, 9.17) is 23.2 Å². The molecule has 11 heteroatoms. The average Bonchev–Trinajstić information content (AvgIpc) is 2.74. The van der Waals surface area contributed by atoms with Gasteiger partial charge in [-0.15, -0.1) is 0 Å². The Morgan fingerprint density at radius 3 is 2.24 bits per heavy atom. The standard InChI is InChI=1S/C23H19Cl2F3N2O3S/c1-15-5-8-19(9-6-15)34(32,33)30(13-16-3-2-4-17(24)11-16)14-22(31)29-21-10-7-18(25)12-20(21)23(26,27)28/h2-12H,13-14H2,1H3,(H,29,31). The number of alkyl halides is 3. The molecule has 0 radical (unpaired) electrons. The lowest BCUT2D eigenvalue weighted by molar-refractivity contribution is -0.137. The molecule has 1 amide bonds. The highest BCUT2D eigenvalue weighted by Gasteiger charge is 2.35. The third-order valence-corrected chi connectivity index (χ3v) is 7.06. The number of rotatable bonds is 7. The van der Waals surface area contributed by atoms with Crippen LogP contribution in [0.25, 0.3) is 0 Å². The second kappa shape index (κ2) is 10.4. The summed E-state index contributed by atoms with van der Waals surface area (Å²) in [5.74, 6) is -0.953. The fourth-order valence-electron chi connectivity index (χ4n) is 3.13. The van der Waals surface area contributed by atoms with Gasteiger partial charge in [-0.25, -0.2) is 8.42 Å². The van der Waals surface area contributed by atoms with Gasteiger partial charge >= 0.3 is 6.18 Å². The average molecular weight is 531 g/mol. The van der Waals surface area contributed by atoms with E-state index < -0.39 is 39.9 Å². The largest absolute Gasteiger partial charge is 0.418 e. The molecule has 0 heterocycles. The summed E-state index contributed by atoms with van der Waals surface area (Å²) in [7, 11) is -4.18. The van der Waals surface area contributed by atoms with Gasteiger partial charge in [-0.3, -0.25) is 4.79 Å². The van der Waals surface area contributed by atoms with E-state index in [1.54, 1.807) is 37.3 Å². The summed E-state index contributed by atoms with van der Waals surface area (Å²) in [6, 6.07) is 15.3. The molecule has 0 aliphatic rings. The maximum absolute atomic E-state index is 13.4. The first-order valence-corrected chi connectivity index (χ1v) is 12.0. The second-order valence-corrected chi connectivity index (χ2v) is 10.3. The summed E-state index contributed by atoms with van der Waals surface area (Å²) in [5, 5.41) is 2.36. The minimum absolute atomic E-state index is 0.0598. The zero-order chi connectivity index (χ0) is 25.1. The number of amides is 1. The van der Waals surface area contributed by atoms with E-state index in [0.717, 1.165) is 15.9 Å². The molecule has 0 spiro atoms. The minimum Gasteiger partial charge on any atom is -0.324 e. The summed E-state index contributed by atoms with van der Waals surface area (Å²) in [6.07, 6.45) is -4.78. The van der Waals surface area contributed by atoms with Gasteiger partial charge in [0.05, 0.1) is 22.7 Å². The van der Waals surface area contributed by atoms with Crippen LogP contribution in [0.2, 0.25) is 10.0 Å². The zero-order valence-electron chi connectivity index (χ0n) is 17.7. The Morgan fingerprint density at radius 1 is 0.971 bits per heavy atom. The van der Waals surface area contributed by atoms with Crippen LogP contribution >= 0.6 is 23.2 Å². The maximum Gasteiger partial charge on any atom is 0.418 e. The first-order valence-electron chi connectivity index (χ1n) is 9.84. The highest BCUT2D eigenvalue weighted by atomic mass is 35.5. The van der Waals surface area contributed by atoms with Crippen molar-refractivity contribution in [3.8, 4) is 0 Å². The molecule has 0 bridgehead atoms. The molecule has 0 aliphatic heterocycles. The van der Waals surface area contributed by atoms with Crippen molar-refractivity contribution in [1.82, 2.24) is 4.31 Å². The summed E-state index contributed by atoms with van der Waals surface area (Å²) < 4.78 is 67.6. The predicted molar refractivity (Wildman–Crippen MR) is 125 cm³/mol. The molecular weight excluding hydrogens is 512 g/mol. The lowest BCUT2D eigenvalue weighted by Gasteiger charge is -2.23. The molecule has 0 atom stereocenters. The van der Waals surface area contributed by atoms with Gasteiger partial charge in [0.15, 0.2) is 0 Å². The van der Waals surface area contributed by atoms with Crippen LogP contribution in [0, 0.1) is 6.92 Å². The first-order chi connectivity index (χ1) is 15.9. The van der Waals surface area contributed by atoms with Crippen molar-refractivity contribution in [1.29, 1.82) is 0 Å². The number of aryl methyl sites for hydroxylation is 1. The van der Waals surface area contributed by atoms with E-state index in [1.807, 2.05) is 0 Å². The number of sulfonamides is 1. The smallest absolute Gasteiger partial charge is 0.324 e. The highest BCUT2D eigenvalue weighted by molar-refractivity contribution is 7.89. The third kappa shape index (κ3) is 6.50. The number of benzene rings is 3. The number of carbonyl (C=O) groups is 1. The number of nitrogens with zero attached hydrogens (tertiary/aromatic N) is 1. The Labute approximate surface area is 205 Å². The van der Waals surface area contributed by atoms with Gasteiger partial charge in [0, 0.05) is 16.6 Å². The Hall–Kier alpha value is -2.59. The predicted octanol–water partition coefficient (Wildman–Crippen LogP) is 6.15. The van der Waals surface area contributed by atoms with Crippen LogP contribution in [0.5, 0.6) is 0 Å². The van der Waals surface area contributed by atoms with Crippen molar-refractivity contribution >= 4 is 44.8 Å². The van der Waals surface area contributed by atoms with Crippen molar-refractivity contribution in [2.45, 2.75) is 24.5 Å². The van der Waals surface area contributed by atoms with Gasteiger partial charge in [0.25, 0.3) is 0 Å². The van der Waals surface area contributed by atoms with Gasteiger partial charge in [-0.1, -0.05) is 53.0 Å². The molecule has 1 N–H and O–H groups in total. The third-order valence-electron chi connectivity index (χ3n) is 4.79. The van der Waals surface area contributed by atoms with Crippen molar-refractivity contribution in [2.75, 3.05) is 11.9 Å². The number of hydrogen-bond acceptors (Lipinski definition) is 3. The van der Waals surface area contributed by atoms with Crippen LogP contribution in [-0.4, -0.2) is 25.2 Å². The van der Waals surface area contributed by atoms with Gasteiger partial charge in [0.2, 0.25) is 15.9 Å². The normalized spacial score (nSPS) is 12.1. The minimum atomic E-state index is -4.78. The Balaban J connectivity index is 1.93. The Bertz CT molecular complexity index is 1300. The zero-order valence-corrected chi connectivity index (χ0v) is 20.1. The molecule has 34 heavy (non-hydrogen) atoms. The van der Waals surface area contributed by atoms with Crippen LogP contribution in [0.15, 0.2) is 71.6 Å². The first kappa shape index (κ1) is 26.0. The summed E-state index contributed by atoms with van der Waals surface area (Å²) in [4.78, 5) is 12.7. The number of anilines is 1. The molecule has 3 aromatic rings. The van der Waals surface area contributed by atoms with E-state index in [9.17, 15) is 26.4 Å². The van der Waals surface area contributed by atoms with Crippen molar-refractivity contribution in [3.63, 3.8) is 0 Å². The van der Waals surface area contributed by atoms with Crippen LogP contribution < -0.4 is 5.32 Å². The lowest BCUT2D eigenvalue weighted by atomic mass is 10.1. The Morgan fingerprint density at radius 2 is 1.62 bits per heavy atom. The monoisotopic (exact) mass is 530 g/mol. The molecule has 0 saturated carbocycles. The molecule has 0 unspecified atom stereocenters. The molecule has 180 valence electrons.